The molecule has 1 aromatic heterocycles. The summed E-state index contributed by atoms with van der Waals surface area (Å²) in [5.41, 5.74) is 12.1. The quantitative estimate of drug-likeness (QED) is 0.184. The number of rotatable bonds is 4. The highest BCUT2D eigenvalue weighted by atomic mass is 16.5. The third kappa shape index (κ3) is 4.59. The van der Waals surface area contributed by atoms with Crippen molar-refractivity contribution in [3.8, 4) is 50.8 Å². The first-order valence-electron chi connectivity index (χ1n) is 18.9. The molecule has 1 aliphatic heterocycles. The Labute approximate surface area is 314 Å². The van der Waals surface area contributed by atoms with Crippen LogP contribution in [0.1, 0.15) is 41.8 Å². The average molecular weight is 694 g/mol. The molecule has 0 saturated heterocycles. The lowest BCUT2D eigenvalue weighted by Gasteiger charge is -2.45. The minimum Gasteiger partial charge on any atom is -0.485 e. The number of benzene rings is 6. The van der Waals surface area contributed by atoms with Crippen LogP contribution in [0.3, 0.4) is 0 Å². The van der Waals surface area contributed by atoms with Crippen LogP contribution >= 0.6 is 0 Å². The number of fused-ring (bicyclic) bond motifs is 10. The lowest BCUT2D eigenvalue weighted by Crippen LogP contribution is -2.42. The largest absolute Gasteiger partial charge is 0.485 e. The van der Waals surface area contributed by atoms with E-state index < -0.39 is 5.41 Å². The monoisotopic (exact) mass is 693 g/mol. The molecule has 0 saturated carbocycles. The van der Waals surface area contributed by atoms with Crippen LogP contribution < -0.4 is 4.74 Å². The van der Waals surface area contributed by atoms with Gasteiger partial charge in [0.2, 0.25) is 0 Å². The first kappa shape index (κ1) is 30.9. The summed E-state index contributed by atoms with van der Waals surface area (Å²) >= 11 is 0. The minimum atomic E-state index is -0.482. The second-order valence-corrected chi connectivity index (χ2v) is 14.5. The van der Waals surface area contributed by atoms with Gasteiger partial charge in [0.15, 0.2) is 17.5 Å². The van der Waals surface area contributed by atoms with Crippen LogP contribution in [0.25, 0.3) is 61.4 Å². The van der Waals surface area contributed by atoms with E-state index in [-0.39, 0.29) is 6.10 Å². The molecule has 0 amide bonds. The summed E-state index contributed by atoms with van der Waals surface area (Å²) in [7, 11) is 0. The van der Waals surface area contributed by atoms with Gasteiger partial charge in [0.1, 0.15) is 11.9 Å². The molecule has 256 valence electrons. The van der Waals surface area contributed by atoms with Crippen molar-refractivity contribution in [1.82, 2.24) is 15.0 Å². The zero-order valence-corrected chi connectivity index (χ0v) is 29.6. The fraction of sp³-hybridized carbons (Fsp3) is 0.100. The molecule has 1 unspecified atom stereocenters. The minimum absolute atomic E-state index is 0.108. The van der Waals surface area contributed by atoms with Gasteiger partial charge in [0.25, 0.3) is 0 Å². The molecular formula is C50H35N3O. The first-order valence-corrected chi connectivity index (χ1v) is 18.9. The molecular weight excluding hydrogens is 659 g/mol. The van der Waals surface area contributed by atoms with Crippen molar-refractivity contribution in [2.75, 3.05) is 0 Å². The molecule has 54 heavy (non-hydrogen) atoms. The predicted octanol–water partition coefficient (Wildman–Crippen LogP) is 11.7. The Kier molecular flexibility index (Phi) is 6.99. The Hall–Kier alpha value is -6.65. The molecule has 1 spiro atoms. The van der Waals surface area contributed by atoms with Crippen molar-refractivity contribution >= 4 is 16.3 Å². The van der Waals surface area contributed by atoms with Crippen LogP contribution in [-0.4, -0.2) is 21.1 Å². The summed E-state index contributed by atoms with van der Waals surface area (Å²) in [5.74, 6) is 2.89. The van der Waals surface area contributed by atoms with E-state index in [4.69, 9.17) is 19.7 Å². The van der Waals surface area contributed by atoms with Crippen LogP contribution in [0.4, 0.5) is 0 Å². The van der Waals surface area contributed by atoms with Crippen molar-refractivity contribution in [2.24, 2.45) is 0 Å². The van der Waals surface area contributed by atoms with Gasteiger partial charge in [-0.1, -0.05) is 164 Å². The van der Waals surface area contributed by atoms with Crippen molar-refractivity contribution in [3.63, 3.8) is 0 Å². The maximum Gasteiger partial charge on any atom is 0.164 e. The summed E-state index contributed by atoms with van der Waals surface area (Å²) in [6.07, 6.45) is 16.0. The van der Waals surface area contributed by atoms with E-state index in [2.05, 4.69) is 170 Å². The van der Waals surface area contributed by atoms with Crippen LogP contribution in [0.5, 0.6) is 5.75 Å². The lowest BCUT2D eigenvalue weighted by atomic mass is 9.62. The Morgan fingerprint density at radius 3 is 2.00 bits per heavy atom. The van der Waals surface area contributed by atoms with Gasteiger partial charge in [-0.3, -0.25) is 0 Å². The molecule has 3 aliphatic carbocycles. The number of para-hydroxylation sites is 1. The Bertz CT molecular complexity index is 2760. The normalized spacial score (nSPS) is 17.2. The molecule has 11 rings (SSSR count). The van der Waals surface area contributed by atoms with E-state index in [9.17, 15) is 0 Å². The number of allylic oxidation sites excluding steroid dienone is 6. The average Bonchev–Trinajstić information content (AvgIpc) is 3.54. The molecule has 4 heteroatoms. The van der Waals surface area contributed by atoms with E-state index in [0.29, 0.717) is 17.5 Å². The topological polar surface area (TPSA) is 47.9 Å². The van der Waals surface area contributed by atoms with Gasteiger partial charge in [-0.2, -0.15) is 0 Å². The van der Waals surface area contributed by atoms with Gasteiger partial charge in [0.05, 0.1) is 5.41 Å². The molecule has 1 atom stereocenters. The lowest BCUT2D eigenvalue weighted by molar-refractivity contribution is 0.206. The highest BCUT2D eigenvalue weighted by Gasteiger charge is 2.54. The molecule has 0 radical (unpaired) electrons. The molecule has 7 aromatic rings. The van der Waals surface area contributed by atoms with Gasteiger partial charge in [-0.15, -0.1) is 0 Å². The number of ether oxygens (including phenoxy) is 1. The number of hydrogen-bond donors (Lipinski definition) is 0. The van der Waals surface area contributed by atoms with E-state index in [1.165, 1.54) is 33.2 Å². The second-order valence-electron chi connectivity index (χ2n) is 14.5. The molecule has 0 fully saturated rings. The first-order chi connectivity index (χ1) is 26.8. The summed E-state index contributed by atoms with van der Waals surface area (Å²) in [4.78, 5) is 15.5. The standard InChI is InChI=1S/C50H35N3O/c1-2-16-33(17-3-1)47-51-48(35-30-29-32-15-4-5-18-34(32)31-35)53-49(52-47)40-22-7-6-19-36(40)39-23-14-27-44-46(39)54-45-28-13-12-26-43(45)50(44)41-24-10-8-20-37(41)38-21-9-11-25-42(38)50/h2,4-27,29-31,45H,1,3,28H2. The molecule has 4 aliphatic rings. The van der Waals surface area contributed by atoms with Crippen LogP contribution in [0, 0.1) is 0 Å². The number of aromatic nitrogens is 3. The van der Waals surface area contributed by atoms with Crippen molar-refractivity contribution < 1.29 is 4.74 Å². The molecule has 2 heterocycles. The summed E-state index contributed by atoms with van der Waals surface area (Å²) in [5, 5.41) is 2.34. The van der Waals surface area contributed by atoms with Gasteiger partial charge < -0.3 is 4.74 Å². The molecule has 0 N–H and O–H groups in total. The fourth-order valence-corrected chi connectivity index (χ4v) is 9.17. The zero-order chi connectivity index (χ0) is 35.6. The van der Waals surface area contributed by atoms with Gasteiger partial charge >= 0.3 is 0 Å². The highest BCUT2D eigenvalue weighted by Crippen LogP contribution is 2.62. The summed E-state index contributed by atoms with van der Waals surface area (Å²) in [6.45, 7) is 0. The Morgan fingerprint density at radius 1 is 0.537 bits per heavy atom. The van der Waals surface area contributed by atoms with Crippen LogP contribution in [0.2, 0.25) is 0 Å². The SMILES string of the molecule is C1=CCC2Oc3c(-c4ccccc4-c4nc(C5=CCCC=C5)nc(-c5ccc6ccccc6c5)n4)cccc3C3(C2=C1)c1ccccc1-c1ccccc13. The molecule has 6 aromatic carbocycles. The van der Waals surface area contributed by atoms with E-state index in [1.54, 1.807) is 0 Å². The van der Waals surface area contributed by atoms with Crippen molar-refractivity contribution in [1.29, 1.82) is 0 Å². The number of nitrogens with zero attached hydrogens (tertiary/aromatic N) is 3. The fourth-order valence-electron chi connectivity index (χ4n) is 9.17. The highest BCUT2D eigenvalue weighted by molar-refractivity contribution is 5.92. The van der Waals surface area contributed by atoms with Gasteiger partial charge in [0, 0.05) is 34.2 Å². The number of hydrogen-bond acceptors (Lipinski definition) is 4. The van der Waals surface area contributed by atoms with Crippen molar-refractivity contribution in [3.05, 3.63) is 198 Å². The van der Waals surface area contributed by atoms with E-state index in [1.807, 2.05) is 0 Å². The van der Waals surface area contributed by atoms with Crippen LogP contribution in [0.15, 0.2) is 175 Å². The maximum absolute atomic E-state index is 7.19. The smallest absolute Gasteiger partial charge is 0.164 e. The maximum atomic E-state index is 7.19. The second kappa shape index (κ2) is 12.2. The predicted molar refractivity (Wildman–Crippen MR) is 218 cm³/mol. The van der Waals surface area contributed by atoms with E-state index >= 15 is 0 Å². The van der Waals surface area contributed by atoms with Crippen molar-refractivity contribution in [2.45, 2.75) is 30.8 Å². The summed E-state index contributed by atoms with van der Waals surface area (Å²) < 4.78 is 7.19. The molecule has 4 nitrogen and oxygen atoms in total. The Balaban J connectivity index is 1.14. The molecule has 0 bridgehead atoms. The third-order valence-electron chi connectivity index (χ3n) is 11.5. The summed E-state index contributed by atoms with van der Waals surface area (Å²) in [6, 6.07) is 47.9. The Morgan fingerprint density at radius 2 is 1.20 bits per heavy atom. The zero-order valence-electron chi connectivity index (χ0n) is 29.6. The van der Waals surface area contributed by atoms with Gasteiger partial charge in [-0.05, 0) is 63.1 Å². The van der Waals surface area contributed by atoms with Gasteiger partial charge in [-0.25, -0.2) is 15.0 Å². The van der Waals surface area contributed by atoms with Crippen LogP contribution in [-0.2, 0) is 5.41 Å². The van der Waals surface area contributed by atoms with E-state index in [0.717, 1.165) is 63.8 Å². The third-order valence-corrected chi connectivity index (χ3v) is 11.5.